The van der Waals surface area contributed by atoms with E-state index in [4.69, 9.17) is 0 Å². The van der Waals surface area contributed by atoms with E-state index in [0.717, 1.165) is 5.69 Å². The first-order valence-corrected chi connectivity index (χ1v) is 4.80. The summed E-state index contributed by atoms with van der Waals surface area (Å²) >= 11 is 0. The van der Waals surface area contributed by atoms with Crippen molar-refractivity contribution in [2.45, 2.75) is 6.54 Å². The average Bonchev–Trinajstić information content (AvgIpc) is 2.59. The van der Waals surface area contributed by atoms with E-state index in [-0.39, 0.29) is 11.7 Å². The topological polar surface area (TPSA) is 34.0 Å². The maximum Gasteiger partial charge on any atom is 0.245 e. The number of hydrogen-bond acceptors (Lipinski definition) is 2. The second-order valence-electron chi connectivity index (χ2n) is 3.64. The molecule has 0 bridgehead atoms. The van der Waals surface area contributed by atoms with Crippen molar-refractivity contribution in [2.24, 2.45) is 0 Å². The van der Waals surface area contributed by atoms with Crippen molar-refractivity contribution in [3.05, 3.63) is 35.8 Å². The molecular weight excluding hydrogens is 195 g/mol. The van der Waals surface area contributed by atoms with E-state index in [2.05, 4.69) is 5.32 Å². The number of carbonyl (C=O) groups excluding carboxylic acids is 1. The number of hydrogen-bond donors (Lipinski definition) is 1. The number of rotatable bonds is 0. The molecule has 3 rings (SSSR count). The van der Waals surface area contributed by atoms with Gasteiger partial charge in [-0.2, -0.15) is 0 Å². The van der Waals surface area contributed by atoms with Crippen molar-refractivity contribution in [3.63, 3.8) is 0 Å². The van der Waals surface area contributed by atoms with Gasteiger partial charge in [-0.05, 0) is 18.2 Å². The van der Waals surface area contributed by atoms with Gasteiger partial charge in [0, 0.05) is 17.6 Å². The summed E-state index contributed by atoms with van der Waals surface area (Å²) in [6.45, 7) is 0.924. The lowest BCUT2D eigenvalue weighted by atomic mass is 10.2. The Bertz CT molecular complexity index is 559. The highest BCUT2D eigenvalue weighted by Gasteiger charge is 2.19. The van der Waals surface area contributed by atoms with E-state index in [0.29, 0.717) is 24.0 Å². The molecule has 76 valence electrons. The largest absolute Gasteiger partial charge is 0.303 e. The van der Waals surface area contributed by atoms with Crippen molar-refractivity contribution in [2.75, 3.05) is 6.54 Å². The van der Waals surface area contributed by atoms with Gasteiger partial charge in [-0.1, -0.05) is 6.07 Å². The monoisotopic (exact) mass is 204 g/mol. The van der Waals surface area contributed by atoms with Crippen LogP contribution in [0.15, 0.2) is 24.3 Å². The van der Waals surface area contributed by atoms with Gasteiger partial charge in [-0.3, -0.25) is 9.36 Å². The highest BCUT2D eigenvalue weighted by atomic mass is 19.1. The average molecular weight is 204 g/mol. The minimum absolute atomic E-state index is 0.0307. The zero-order valence-corrected chi connectivity index (χ0v) is 7.96. The molecule has 0 amide bonds. The lowest BCUT2D eigenvalue weighted by Gasteiger charge is -2.15. The van der Waals surface area contributed by atoms with Gasteiger partial charge in [0.2, 0.25) is 5.91 Å². The Morgan fingerprint density at radius 2 is 2.20 bits per heavy atom. The zero-order valence-electron chi connectivity index (χ0n) is 7.96. The van der Waals surface area contributed by atoms with Gasteiger partial charge in [0.1, 0.15) is 5.82 Å². The minimum Gasteiger partial charge on any atom is -0.303 e. The SMILES string of the molecule is O=C1CNCc2cc3c(F)cccc3n21. The van der Waals surface area contributed by atoms with Gasteiger partial charge < -0.3 is 5.32 Å². The normalized spacial score (nSPS) is 15.7. The molecule has 3 nitrogen and oxygen atoms in total. The van der Waals surface area contributed by atoms with E-state index in [1.807, 2.05) is 0 Å². The molecule has 0 unspecified atom stereocenters. The quantitative estimate of drug-likeness (QED) is 0.706. The molecule has 1 aromatic carbocycles. The number of halogens is 1. The van der Waals surface area contributed by atoms with Gasteiger partial charge in [0.15, 0.2) is 0 Å². The highest BCUT2D eigenvalue weighted by Crippen LogP contribution is 2.23. The summed E-state index contributed by atoms with van der Waals surface area (Å²) in [5.41, 5.74) is 1.49. The molecular formula is C11H9FN2O. The maximum absolute atomic E-state index is 13.5. The van der Waals surface area contributed by atoms with E-state index in [9.17, 15) is 9.18 Å². The Morgan fingerprint density at radius 1 is 1.33 bits per heavy atom. The Hall–Kier alpha value is -1.68. The summed E-state index contributed by atoms with van der Waals surface area (Å²) < 4.78 is 15.0. The summed E-state index contributed by atoms with van der Waals surface area (Å²) in [4.78, 5) is 11.6. The molecule has 0 atom stereocenters. The van der Waals surface area contributed by atoms with Crippen molar-refractivity contribution < 1.29 is 9.18 Å². The second kappa shape index (κ2) is 2.90. The van der Waals surface area contributed by atoms with Crippen LogP contribution in [0.25, 0.3) is 10.9 Å². The third-order valence-corrected chi connectivity index (χ3v) is 2.70. The lowest BCUT2D eigenvalue weighted by molar-refractivity contribution is 0.0900. The minimum atomic E-state index is -0.276. The van der Waals surface area contributed by atoms with Crippen LogP contribution in [0.2, 0.25) is 0 Å². The molecule has 0 saturated heterocycles. The molecule has 4 heteroatoms. The molecule has 1 aliphatic heterocycles. The van der Waals surface area contributed by atoms with E-state index in [1.165, 1.54) is 6.07 Å². The third-order valence-electron chi connectivity index (χ3n) is 2.70. The Kier molecular flexibility index (Phi) is 1.67. The number of nitrogens with zero attached hydrogens (tertiary/aromatic N) is 1. The zero-order chi connectivity index (χ0) is 10.4. The van der Waals surface area contributed by atoms with Crippen LogP contribution in [0.1, 0.15) is 10.5 Å². The lowest BCUT2D eigenvalue weighted by Crippen LogP contribution is -2.34. The molecule has 2 heterocycles. The van der Waals surface area contributed by atoms with Crippen LogP contribution in [0.3, 0.4) is 0 Å². The molecule has 2 aromatic rings. The molecule has 0 aliphatic carbocycles. The molecule has 0 saturated carbocycles. The number of carbonyl (C=O) groups is 1. The molecule has 0 fully saturated rings. The highest BCUT2D eigenvalue weighted by molar-refractivity contribution is 5.95. The first-order valence-electron chi connectivity index (χ1n) is 4.80. The van der Waals surface area contributed by atoms with Crippen molar-refractivity contribution in [1.29, 1.82) is 0 Å². The molecule has 0 spiro atoms. The van der Waals surface area contributed by atoms with Crippen molar-refractivity contribution >= 4 is 16.8 Å². The first-order chi connectivity index (χ1) is 7.27. The van der Waals surface area contributed by atoms with Crippen LogP contribution in [0.4, 0.5) is 4.39 Å². The number of benzene rings is 1. The predicted molar refractivity (Wildman–Crippen MR) is 54.2 cm³/mol. The maximum atomic E-state index is 13.5. The smallest absolute Gasteiger partial charge is 0.245 e. The number of aromatic nitrogens is 1. The van der Waals surface area contributed by atoms with Crippen molar-refractivity contribution in [3.8, 4) is 0 Å². The summed E-state index contributed by atoms with van der Waals surface area (Å²) in [5, 5.41) is 3.50. The van der Waals surface area contributed by atoms with Gasteiger partial charge in [-0.25, -0.2) is 4.39 Å². The summed E-state index contributed by atoms with van der Waals surface area (Å²) in [7, 11) is 0. The fraction of sp³-hybridized carbons (Fsp3) is 0.182. The Labute approximate surface area is 85.5 Å². The van der Waals surface area contributed by atoms with Crippen molar-refractivity contribution in [1.82, 2.24) is 9.88 Å². The Morgan fingerprint density at radius 3 is 3.07 bits per heavy atom. The fourth-order valence-electron chi connectivity index (χ4n) is 2.05. The molecule has 0 radical (unpaired) electrons. The van der Waals surface area contributed by atoms with Gasteiger partial charge in [0.25, 0.3) is 0 Å². The van der Waals surface area contributed by atoms with Crippen LogP contribution < -0.4 is 5.32 Å². The predicted octanol–water partition coefficient (Wildman–Crippen LogP) is 1.52. The summed E-state index contributed by atoms with van der Waals surface area (Å²) in [6.07, 6.45) is 0. The van der Waals surface area contributed by atoms with Crippen LogP contribution in [0.5, 0.6) is 0 Å². The second-order valence-corrected chi connectivity index (χ2v) is 3.64. The van der Waals surface area contributed by atoms with Gasteiger partial charge in [0.05, 0.1) is 12.1 Å². The standard InChI is InChI=1S/C11H9FN2O/c12-9-2-1-3-10-8(9)4-7-5-13-6-11(15)14(7)10/h1-4,13H,5-6H2. The fourth-order valence-corrected chi connectivity index (χ4v) is 2.05. The van der Waals surface area contributed by atoms with E-state index < -0.39 is 0 Å². The third kappa shape index (κ3) is 1.11. The number of fused-ring (bicyclic) bond motifs is 3. The Balaban J connectivity index is 2.41. The van der Waals surface area contributed by atoms with Crippen LogP contribution >= 0.6 is 0 Å². The van der Waals surface area contributed by atoms with Gasteiger partial charge >= 0.3 is 0 Å². The van der Waals surface area contributed by atoms with Crippen LogP contribution in [-0.2, 0) is 6.54 Å². The molecule has 1 aliphatic rings. The van der Waals surface area contributed by atoms with Crippen LogP contribution in [-0.4, -0.2) is 17.0 Å². The van der Waals surface area contributed by atoms with E-state index >= 15 is 0 Å². The summed E-state index contributed by atoms with van der Waals surface area (Å²) in [5.74, 6) is -0.306. The van der Waals surface area contributed by atoms with Crippen LogP contribution in [0, 0.1) is 5.82 Å². The molecule has 1 aromatic heterocycles. The van der Waals surface area contributed by atoms with Gasteiger partial charge in [-0.15, -0.1) is 0 Å². The first kappa shape index (κ1) is 8.61. The molecule has 15 heavy (non-hydrogen) atoms. The van der Waals surface area contributed by atoms with E-state index in [1.54, 1.807) is 22.8 Å². The summed E-state index contributed by atoms with van der Waals surface area (Å²) in [6, 6.07) is 6.53. The number of nitrogens with one attached hydrogen (secondary N) is 1. The molecule has 1 N–H and O–H groups in total.